The number of rotatable bonds is 3. The van der Waals surface area contributed by atoms with Gasteiger partial charge in [-0.1, -0.05) is 37.3 Å². The summed E-state index contributed by atoms with van der Waals surface area (Å²) in [6.07, 6.45) is 0.242. The van der Waals surface area contributed by atoms with E-state index >= 15 is 0 Å². The lowest BCUT2D eigenvalue weighted by Crippen LogP contribution is -2.48. The first-order valence-corrected chi connectivity index (χ1v) is 8.52. The molecular formula is C19H28N2O3. The van der Waals surface area contributed by atoms with Crippen molar-refractivity contribution in [1.82, 2.24) is 10.2 Å². The van der Waals surface area contributed by atoms with Crippen LogP contribution in [0.25, 0.3) is 0 Å². The molecule has 0 saturated carbocycles. The average Bonchev–Trinajstić information content (AvgIpc) is 2.88. The van der Waals surface area contributed by atoms with Crippen LogP contribution >= 0.6 is 0 Å². The molecule has 1 heterocycles. The topological polar surface area (TPSA) is 58.6 Å². The summed E-state index contributed by atoms with van der Waals surface area (Å²) < 4.78 is 5.45. The smallest absolute Gasteiger partial charge is 0.410 e. The fraction of sp³-hybridized carbons (Fsp3) is 0.579. The van der Waals surface area contributed by atoms with Crippen LogP contribution in [0.4, 0.5) is 4.79 Å². The van der Waals surface area contributed by atoms with Gasteiger partial charge in [-0.2, -0.15) is 0 Å². The standard InChI is InChI=1S/C19H28N2O3/c1-13-11-16(21(12-13)18(23)24-19(3,4)5)17(22)20-14(2)15-9-7-6-8-10-15/h6-10,13-14,16H,11-12H2,1-5H3,(H,20,22)/t13-,14+,16-/m0/s1. The fourth-order valence-corrected chi connectivity index (χ4v) is 2.95. The summed E-state index contributed by atoms with van der Waals surface area (Å²) in [5, 5.41) is 3.02. The molecule has 0 radical (unpaired) electrons. The highest BCUT2D eigenvalue weighted by Gasteiger charge is 2.40. The highest BCUT2D eigenvalue weighted by atomic mass is 16.6. The highest BCUT2D eigenvalue weighted by Crippen LogP contribution is 2.26. The van der Waals surface area contributed by atoms with Crippen LogP contribution in [0.2, 0.25) is 0 Å². The number of carbonyl (C=O) groups excluding carboxylic acids is 2. The zero-order valence-corrected chi connectivity index (χ0v) is 15.2. The minimum atomic E-state index is -0.568. The molecule has 0 aliphatic carbocycles. The van der Waals surface area contributed by atoms with Crippen molar-refractivity contribution < 1.29 is 14.3 Å². The van der Waals surface area contributed by atoms with E-state index in [2.05, 4.69) is 5.32 Å². The van der Waals surface area contributed by atoms with Gasteiger partial charge >= 0.3 is 6.09 Å². The van der Waals surface area contributed by atoms with Gasteiger partial charge < -0.3 is 10.1 Å². The Morgan fingerprint density at radius 3 is 2.46 bits per heavy atom. The number of benzene rings is 1. The molecule has 3 atom stereocenters. The first kappa shape index (κ1) is 18.3. The van der Waals surface area contributed by atoms with Crippen LogP contribution in [-0.4, -0.2) is 35.1 Å². The quantitative estimate of drug-likeness (QED) is 0.921. The van der Waals surface area contributed by atoms with E-state index in [4.69, 9.17) is 4.74 Å². The number of hydrogen-bond acceptors (Lipinski definition) is 3. The molecule has 1 aromatic carbocycles. The Bertz CT molecular complexity index is 580. The molecule has 5 heteroatoms. The molecule has 24 heavy (non-hydrogen) atoms. The molecule has 1 aliphatic heterocycles. The zero-order valence-electron chi connectivity index (χ0n) is 15.2. The number of carbonyl (C=O) groups is 2. The monoisotopic (exact) mass is 332 g/mol. The number of hydrogen-bond donors (Lipinski definition) is 1. The van der Waals surface area contributed by atoms with Gasteiger partial charge in [-0.3, -0.25) is 9.69 Å². The third kappa shape index (κ3) is 4.73. The molecule has 1 saturated heterocycles. The summed E-state index contributed by atoms with van der Waals surface area (Å²) in [5.41, 5.74) is 0.474. The molecule has 5 nitrogen and oxygen atoms in total. The Balaban J connectivity index is 2.05. The van der Waals surface area contributed by atoms with Crippen molar-refractivity contribution in [1.29, 1.82) is 0 Å². The number of amides is 2. The second-order valence-electron chi connectivity index (χ2n) is 7.63. The fourth-order valence-electron chi connectivity index (χ4n) is 2.95. The van der Waals surface area contributed by atoms with Crippen molar-refractivity contribution in [3.63, 3.8) is 0 Å². The van der Waals surface area contributed by atoms with E-state index in [0.717, 1.165) is 5.56 Å². The van der Waals surface area contributed by atoms with Crippen LogP contribution in [0.15, 0.2) is 30.3 Å². The van der Waals surface area contributed by atoms with E-state index in [-0.39, 0.29) is 17.9 Å². The van der Waals surface area contributed by atoms with Gasteiger partial charge in [0.25, 0.3) is 0 Å². The van der Waals surface area contributed by atoms with E-state index in [9.17, 15) is 9.59 Å². The predicted molar refractivity (Wildman–Crippen MR) is 93.5 cm³/mol. The highest BCUT2D eigenvalue weighted by molar-refractivity contribution is 5.86. The van der Waals surface area contributed by atoms with Crippen LogP contribution in [0.3, 0.4) is 0 Å². The minimum Gasteiger partial charge on any atom is -0.444 e. The first-order chi connectivity index (χ1) is 11.2. The van der Waals surface area contributed by atoms with Crippen molar-refractivity contribution in [2.75, 3.05) is 6.54 Å². The maximum Gasteiger partial charge on any atom is 0.410 e. The third-order valence-electron chi connectivity index (χ3n) is 4.10. The second kappa shape index (κ2) is 7.24. The van der Waals surface area contributed by atoms with Gasteiger partial charge in [0.1, 0.15) is 11.6 Å². The van der Waals surface area contributed by atoms with Crippen LogP contribution in [0.1, 0.15) is 52.6 Å². The van der Waals surface area contributed by atoms with E-state index in [0.29, 0.717) is 13.0 Å². The Morgan fingerprint density at radius 2 is 1.88 bits per heavy atom. The lowest BCUT2D eigenvalue weighted by molar-refractivity contribution is -0.126. The molecule has 0 unspecified atom stereocenters. The predicted octanol–water partition coefficient (Wildman–Crippen LogP) is 3.51. The minimum absolute atomic E-state index is 0.102. The number of nitrogens with zero attached hydrogens (tertiary/aromatic N) is 1. The molecule has 1 aliphatic rings. The Morgan fingerprint density at radius 1 is 1.25 bits per heavy atom. The summed E-state index contributed by atoms with van der Waals surface area (Å²) in [6, 6.07) is 9.23. The maximum atomic E-state index is 12.7. The Labute approximate surface area is 144 Å². The van der Waals surface area contributed by atoms with Gasteiger partial charge in [0.05, 0.1) is 6.04 Å². The van der Waals surface area contributed by atoms with E-state index in [1.165, 1.54) is 0 Å². The molecule has 2 amide bonds. The zero-order chi connectivity index (χ0) is 17.9. The first-order valence-electron chi connectivity index (χ1n) is 8.52. The number of nitrogens with one attached hydrogen (secondary N) is 1. The van der Waals surface area contributed by atoms with E-state index in [1.54, 1.807) is 4.90 Å². The van der Waals surface area contributed by atoms with Crippen molar-refractivity contribution in [3.05, 3.63) is 35.9 Å². The van der Waals surface area contributed by atoms with Crippen LogP contribution in [-0.2, 0) is 9.53 Å². The Hall–Kier alpha value is -2.04. The Kier molecular flexibility index (Phi) is 5.52. The average molecular weight is 332 g/mol. The summed E-state index contributed by atoms with van der Waals surface area (Å²) >= 11 is 0. The van der Waals surface area contributed by atoms with Crippen molar-refractivity contribution in [2.24, 2.45) is 5.92 Å². The maximum absolute atomic E-state index is 12.7. The van der Waals surface area contributed by atoms with Crippen molar-refractivity contribution >= 4 is 12.0 Å². The van der Waals surface area contributed by atoms with Gasteiger partial charge in [0, 0.05) is 6.54 Å². The van der Waals surface area contributed by atoms with E-state index < -0.39 is 17.7 Å². The number of likely N-dealkylation sites (tertiary alicyclic amines) is 1. The molecule has 1 N–H and O–H groups in total. The van der Waals surface area contributed by atoms with Gasteiger partial charge in [-0.05, 0) is 45.6 Å². The summed E-state index contributed by atoms with van der Waals surface area (Å²) in [7, 11) is 0. The van der Waals surface area contributed by atoms with Gasteiger partial charge in [-0.15, -0.1) is 0 Å². The molecule has 1 aromatic rings. The van der Waals surface area contributed by atoms with Crippen molar-refractivity contribution in [3.8, 4) is 0 Å². The van der Waals surface area contributed by atoms with Crippen LogP contribution < -0.4 is 5.32 Å². The summed E-state index contributed by atoms with van der Waals surface area (Å²) in [6.45, 7) is 10.0. The molecule has 0 spiro atoms. The van der Waals surface area contributed by atoms with E-state index in [1.807, 2.05) is 65.0 Å². The molecule has 2 rings (SSSR count). The van der Waals surface area contributed by atoms with Gasteiger partial charge in [0.15, 0.2) is 0 Å². The van der Waals surface area contributed by atoms with Gasteiger partial charge in [-0.25, -0.2) is 4.79 Å². The lowest BCUT2D eigenvalue weighted by atomic mass is 10.1. The summed E-state index contributed by atoms with van der Waals surface area (Å²) in [4.78, 5) is 26.7. The SMILES string of the molecule is C[C@H]1C[C@@H](C(=O)N[C@H](C)c2ccccc2)N(C(=O)OC(C)(C)C)C1. The molecule has 1 fully saturated rings. The van der Waals surface area contributed by atoms with Crippen LogP contribution in [0.5, 0.6) is 0 Å². The summed E-state index contributed by atoms with van der Waals surface area (Å²) in [5.74, 6) is 0.155. The molecule has 0 aromatic heterocycles. The molecular weight excluding hydrogens is 304 g/mol. The normalized spacial score (nSPS) is 22.1. The third-order valence-corrected chi connectivity index (χ3v) is 4.10. The molecule has 0 bridgehead atoms. The van der Waals surface area contributed by atoms with Crippen LogP contribution in [0, 0.1) is 5.92 Å². The van der Waals surface area contributed by atoms with Crippen molar-refractivity contribution in [2.45, 2.75) is 58.7 Å². The van der Waals surface area contributed by atoms with Gasteiger partial charge in [0.2, 0.25) is 5.91 Å². The second-order valence-corrected chi connectivity index (χ2v) is 7.63. The lowest BCUT2D eigenvalue weighted by Gasteiger charge is -2.28. The largest absolute Gasteiger partial charge is 0.444 e. The molecule has 132 valence electrons. The number of ether oxygens (including phenoxy) is 1.